The lowest BCUT2D eigenvalue weighted by Gasteiger charge is -1.99. The van der Waals surface area contributed by atoms with Crippen LogP contribution in [0.1, 0.15) is 31.8 Å². The van der Waals surface area contributed by atoms with Gasteiger partial charge in [0.25, 0.3) is 0 Å². The summed E-state index contributed by atoms with van der Waals surface area (Å²) in [6.45, 7) is 1.97. The van der Waals surface area contributed by atoms with E-state index in [9.17, 15) is 9.59 Å². The third kappa shape index (κ3) is 9.34. The van der Waals surface area contributed by atoms with Gasteiger partial charge in [0.2, 0.25) is 0 Å². The van der Waals surface area contributed by atoms with Crippen molar-refractivity contribution in [2.75, 3.05) is 28.3 Å². The van der Waals surface area contributed by atoms with Crippen molar-refractivity contribution in [2.24, 2.45) is 0 Å². The van der Waals surface area contributed by atoms with Crippen LogP contribution in [0.25, 0.3) is 0 Å². The first-order valence-corrected chi connectivity index (χ1v) is 9.02. The Kier molecular flexibility index (Phi) is 12.9. The van der Waals surface area contributed by atoms with Crippen molar-refractivity contribution in [3.8, 4) is 0 Å². The zero-order chi connectivity index (χ0) is 19.9. The van der Waals surface area contributed by atoms with E-state index in [1.165, 1.54) is 14.2 Å². The van der Waals surface area contributed by atoms with Gasteiger partial charge in [0.05, 0.1) is 25.3 Å². The summed E-state index contributed by atoms with van der Waals surface area (Å²) in [6, 6.07) is 14.5. The van der Waals surface area contributed by atoms with Gasteiger partial charge < -0.3 is 14.8 Å². The molecular weight excluding hydrogens is 398 g/mol. The predicted octanol–water partition coefficient (Wildman–Crippen LogP) is 3.99. The van der Waals surface area contributed by atoms with Crippen LogP contribution in [0, 0.1) is 6.92 Å². The Morgan fingerprint density at radius 2 is 1.19 bits per heavy atom. The largest absolute Gasteiger partial charge is 0.465 e. The first-order valence-electron chi connectivity index (χ1n) is 7.90. The van der Waals surface area contributed by atoms with E-state index < -0.39 is 0 Å². The molecule has 0 amide bonds. The van der Waals surface area contributed by atoms with Crippen LogP contribution in [0.2, 0.25) is 0 Å². The maximum atomic E-state index is 11.0. The SMILES string of the molecule is CNC.COC(=O)c1ccc(C)cc1.COC(=O)c1ccc(CBr)cc1. The molecule has 0 bridgehead atoms. The number of rotatable bonds is 3. The fourth-order valence-electron chi connectivity index (χ4n) is 1.66. The van der Waals surface area contributed by atoms with Crippen molar-refractivity contribution in [1.82, 2.24) is 5.32 Å². The minimum Gasteiger partial charge on any atom is -0.465 e. The van der Waals surface area contributed by atoms with Crippen molar-refractivity contribution >= 4 is 27.9 Å². The van der Waals surface area contributed by atoms with Crippen LogP contribution in [-0.2, 0) is 14.8 Å². The normalized spacial score (nSPS) is 9.00. The van der Waals surface area contributed by atoms with Crippen LogP contribution < -0.4 is 5.32 Å². The monoisotopic (exact) mass is 423 g/mol. The summed E-state index contributed by atoms with van der Waals surface area (Å²) in [5, 5.41) is 3.55. The Balaban J connectivity index is 0.000000419. The Morgan fingerprint density at radius 3 is 1.50 bits per heavy atom. The zero-order valence-electron chi connectivity index (χ0n) is 15.8. The fourth-order valence-corrected chi connectivity index (χ4v) is 2.03. The van der Waals surface area contributed by atoms with Gasteiger partial charge >= 0.3 is 11.9 Å². The number of nitrogens with one attached hydrogen (secondary N) is 1. The van der Waals surface area contributed by atoms with Gasteiger partial charge in [-0.2, -0.15) is 0 Å². The molecule has 0 atom stereocenters. The second-order valence-electron chi connectivity index (χ2n) is 5.18. The quantitative estimate of drug-likeness (QED) is 0.597. The number of benzene rings is 2. The number of hydrogen-bond acceptors (Lipinski definition) is 5. The predicted molar refractivity (Wildman–Crippen MR) is 108 cm³/mol. The second-order valence-corrected chi connectivity index (χ2v) is 5.74. The smallest absolute Gasteiger partial charge is 0.337 e. The average molecular weight is 424 g/mol. The Bertz CT molecular complexity index is 655. The fraction of sp³-hybridized carbons (Fsp3) is 0.300. The summed E-state index contributed by atoms with van der Waals surface area (Å²) in [5.41, 5.74) is 3.46. The van der Waals surface area contributed by atoms with Crippen LogP contribution in [0.15, 0.2) is 48.5 Å². The molecule has 6 heteroatoms. The molecule has 26 heavy (non-hydrogen) atoms. The van der Waals surface area contributed by atoms with E-state index >= 15 is 0 Å². The number of ether oxygens (including phenoxy) is 2. The highest BCUT2D eigenvalue weighted by molar-refractivity contribution is 9.08. The van der Waals surface area contributed by atoms with Gasteiger partial charge in [-0.15, -0.1) is 0 Å². The highest BCUT2D eigenvalue weighted by Gasteiger charge is 2.03. The van der Waals surface area contributed by atoms with Gasteiger partial charge in [0.1, 0.15) is 0 Å². The van der Waals surface area contributed by atoms with Crippen molar-refractivity contribution in [2.45, 2.75) is 12.3 Å². The number of esters is 2. The van der Waals surface area contributed by atoms with E-state index in [1.807, 2.05) is 45.3 Å². The van der Waals surface area contributed by atoms with Crippen molar-refractivity contribution in [1.29, 1.82) is 0 Å². The van der Waals surface area contributed by atoms with E-state index in [4.69, 9.17) is 0 Å². The van der Waals surface area contributed by atoms with Gasteiger partial charge in [-0.1, -0.05) is 45.8 Å². The summed E-state index contributed by atoms with van der Waals surface area (Å²) >= 11 is 3.32. The summed E-state index contributed by atoms with van der Waals surface area (Å²) in [6.07, 6.45) is 0. The van der Waals surface area contributed by atoms with E-state index in [-0.39, 0.29) is 11.9 Å². The average Bonchev–Trinajstić information content (AvgIpc) is 2.68. The maximum absolute atomic E-state index is 11.0. The van der Waals surface area contributed by atoms with Crippen molar-refractivity contribution in [3.63, 3.8) is 0 Å². The minimum atomic E-state index is -0.295. The molecule has 0 unspecified atom stereocenters. The number of halogens is 1. The molecule has 0 fully saturated rings. The second kappa shape index (κ2) is 14.0. The summed E-state index contributed by atoms with van der Waals surface area (Å²) < 4.78 is 9.10. The molecule has 2 rings (SSSR count). The van der Waals surface area contributed by atoms with Gasteiger partial charge in [-0.3, -0.25) is 0 Å². The molecule has 2 aromatic rings. The van der Waals surface area contributed by atoms with Gasteiger partial charge in [-0.25, -0.2) is 9.59 Å². The molecule has 0 aromatic heterocycles. The number of aryl methyl sites for hydroxylation is 1. The van der Waals surface area contributed by atoms with Gasteiger partial charge in [0, 0.05) is 5.33 Å². The number of carbonyl (C=O) groups excluding carboxylic acids is 2. The highest BCUT2D eigenvalue weighted by atomic mass is 79.9. The highest BCUT2D eigenvalue weighted by Crippen LogP contribution is 2.08. The summed E-state index contributed by atoms with van der Waals surface area (Å²) in [4.78, 5) is 21.9. The van der Waals surface area contributed by atoms with E-state index in [0.29, 0.717) is 11.1 Å². The lowest BCUT2D eigenvalue weighted by molar-refractivity contribution is 0.0592. The molecular formula is C20H26BrNO4. The molecule has 0 radical (unpaired) electrons. The van der Waals surface area contributed by atoms with E-state index in [0.717, 1.165) is 16.5 Å². The molecule has 0 aliphatic rings. The van der Waals surface area contributed by atoms with Crippen LogP contribution in [0.3, 0.4) is 0 Å². The van der Waals surface area contributed by atoms with Crippen LogP contribution in [-0.4, -0.2) is 40.3 Å². The molecule has 0 heterocycles. The standard InChI is InChI=1S/C9H9BrO2.C9H10O2.C2H7N/c1-12-9(11)8-4-2-7(6-10)3-5-8;1-7-3-5-8(6-4-7)9(10)11-2;1-3-2/h2-5H,6H2,1H3;3-6H,1-2H3;3H,1-2H3. The zero-order valence-corrected chi connectivity index (χ0v) is 17.4. The number of methoxy groups -OCH3 is 2. The number of carbonyl (C=O) groups is 2. The first kappa shape index (κ1) is 23.8. The van der Waals surface area contributed by atoms with Crippen molar-refractivity contribution in [3.05, 3.63) is 70.8 Å². The maximum Gasteiger partial charge on any atom is 0.337 e. The third-order valence-electron chi connectivity index (χ3n) is 3.00. The molecule has 5 nitrogen and oxygen atoms in total. The minimum absolute atomic E-state index is 0.287. The van der Waals surface area contributed by atoms with Gasteiger partial charge in [0.15, 0.2) is 0 Å². The summed E-state index contributed by atoms with van der Waals surface area (Å²) in [7, 11) is 6.50. The molecule has 0 aliphatic carbocycles. The summed E-state index contributed by atoms with van der Waals surface area (Å²) in [5.74, 6) is -0.582. The van der Waals surface area contributed by atoms with E-state index in [1.54, 1.807) is 24.3 Å². The topological polar surface area (TPSA) is 64.6 Å². The molecule has 0 saturated heterocycles. The van der Waals surface area contributed by atoms with Crippen molar-refractivity contribution < 1.29 is 19.1 Å². The lowest BCUT2D eigenvalue weighted by atomic mass is 10.1. The molecule has 0 spiro atoms. The van der Waals surface area contributed by atoms with Crippen LogP contribution in [0.4, 0.5) is 0 Å². The first-order chi connectivity index (χ1) is 12.4. The Labute approximate surface area is 163 Å². The molecule has 0 aliphatic heterocycles. The Hall–Kier alpha value is -2.18. The lowest BCUT2D eigenvalue weighted by Crippen LogP contribution is -2.00. The number of alkyl halides is 1. The van der Waals surface area contributed by atoms with E-state index in [2.05, 4.69) is 30.7 Å². The number of hydrogen-bond donors (Lipinski definition) is 1. The molecule has 2 aromatic carbocycles. The molecule has 1 N–H and O–H groups in total. The van der Waals surface area contributed by atoms with Crippen LogP contribution >= 0.6 is 15.9 Å². The van der Waals surface area contributed by atoms with Crippen LogP contribution in [0.5, 0.6) is 0 Å². The van der Waals surface area contributed by atoms with Gasteiger partial charge in [-0.05, 0) is 50.8 Å². The third-order valence-corrected chi connectivity index (χ3v) is 3.65. The molecule has 0 saturated carbocycles. The Morgan fingerprint density at radius 1 is 0.846 bits per heavy atom. The molecule has 142 valence electrons.